The molecular weight excluding hydrogens is 783 g/mol. The van der Waals surface area contributed by atoms with E-state index in [1.54, 1.807) is 52.0 Å². The van der Waals surface area contributed by atoms with Gasteiger partial charge in [-0.1, -0.05) is 139 Å². The van der Waals surface area contributed by atoms with Gasteiger partial charge in [0, 0.05) is 5.92 Å². The van der Waals surface area contributed by atoms with E-state index in [4.69, 9.17) is 28.1 Å². The number of ether oxygens (including phenoxy) is 5. The van der Waals surface area contributed by atoms with Gasteiger partial charge in [0.05, 0.1) is 0 Å². The van der Waals surface area contributed by atoms with Gasteiger partial charge < -0.3 is 33.4 Å². The van der Waals surface area contributed by atoms with Gasteiger partial charge in [0.25, 0.3) is 8.32 Å². The van der Waals surface area contributed by atoms with Gasteiger partial charge in [-0.05, 0) is 74.4 Å². The number of alkyl carbamates (subject to hydrolysis) is 1. The molecule has 0 heterocycles. The molecule has 328 valence electrons. The van der Waals surface area contributed by atoms with Crippen molar-refractivity contribution >= 4 is 48.7 Å². The zero-order chi connectivity index (χ0) is 44.8. The van der Waals surface area contributed by atoms with Crippen LogP contribution in [0, 0.1) is 11.8 Å². The fourth-order valence-electron chi connectivity index (χ4n) is 6.60. The van der Waals surface area contributed by atoms with Crippen LogP contribution in [0.15, 0.2) is 91.0 Å². The summed E-state index contributed by atoms with van der Waals surface area (Å²) in [5, 5.41) is 3.95. The first-order chi connectivity index (χ1) is 28.1. The van der Waals surface area contributed by atoms with Crippen molar-refractivity contribution < 1.29 is 52.1 Å². The third-order valence-electron chi connectivity index (χ3n) is 9.86. The van der Waals surface area contributed by atoms with Gasteiger partial charge >= 0.3 is 30.0 Å². The summed E-state index contributed by atoms with van der Waals surface area (Å²) in [6.07, 6.45) is -5.45. The lowest BCUT2D eigenvalue weighted by molar-refractivity contribution is -0.187. The van der Waals surface area contributed by atoms with Crippen LogP contribution in [-0.2, 0) is 53.9 Å². The lowest BCUT2D eigenvalue weighted by Gasteiger charge is -2.45. The number of hydrogen-bond donors (Lipinski definition) is 1. The smallest absolute Gasteiger partial charge is 0.408 e. The molecule has 0 fully saturated rings. The first-order valence-corrected chi connectivity index (χ1v) is 22.6. The van der Waals surface area contributed by atoms with Crippen molar-refractivity contribution in [3.63, 3.8) is 0 Å². The van der Waals surface area contributed by atoms with Crippen LogP contribution in [0.5, 0.6) is 0 Å². The van der Waals surface area contributed by atoms with E-state index in [1.807, 2.05) is 87.5 Å². The van der Waals surface area contributed by atoms with E-state index in [0.717, 1.165) is 10.4 Å². The number of nitrogens with one attached hydrogen (secondary N) is 1. The molecule has 1 N–H and O–H groups in total. The van der Waals surface area contributed by atoms with E-state index in [9.17, 15) is 24.0 Å². The van der Waals surface area contributed by atoms with Gasteiger partial charge in [0.1, 0.15) is 24.4 Å². The van der Waals surface area contributed by atoms with Gasteiger partial charge in [-0.2, -0.15) is 0 Å². The average Bonchev–Trinajstić information content (AvgIpc) is 3.18. The molecule has 3 aromatic carbocycles. The van der Waals surface area contributed by atoms with Crippen molar-refractivity contribution in [1.82, 2.24) is 5.32 Å². The summed E-state index contributed by atoms with van der Waals surface area (Å²) in [6, 6.07) is 27.0. The SMILES string of the molecule is CCC(C)C(OC(=O)C(C)OC(=O)C(NC(=O)OCc1ccccc1)C(C)OC(=O)C(CC(C)C)O[Si](c1ccccc1)(c1ccccc1)C(C)(C)C)C(=O)OC(C)(C)C. The molecule has 0 saturated heterocycles. The van der Waals surface area contributed by atoms with E-state index in [0.29, 0.717) is 12.0 Å². The first-order valence-electron chi connectivity index (χ1n) is 20.7. The number of amides is 1. The van der Waals surface area contributed by atoms with Gasteiger partial charge in [0.15, 0.2) is 12.1 Å². The Labute approximate surface area is 357 Å². The largest absolute Gasteiger partial charge is 0.458 e. The van der Waals surface area contributed by atoms with Crippen LogP contribution in [0.2, 0.25) is 5.04 Å². The minimum absolute atomic E-state index is 0.00489. The van der Waals surface area contributed by atoms with E-state index in [1.165, 1.54) is 13.8 Å². The van der Waals surface area contributed by atoms with Gasteiger partial charge in [0.2, 0.25) is 6.10 Å². The van der Waals surface area contributed by atoms with Crippen LogP contribution in [0.4, 0.5) is 4.79 Å². The minimum atomic E-state index is -3.26. The molecular formula is C47H65NO11Si. The molecule has 0 aliphatic carbocycles. The Morgan fingerprint density at radius 2 is 1.17 bits per heavy atom. The lowest BCUT2D eigenvalue weighted by Crippen LogP contribution is -2.68. The molecule has 0 radical (unpaired) electrons. The van der Waals surface area contributed by atoms with Crippen LogP contribution >= 0.6 is 0 Å². The molecule has 0 bridgehead atoms. The van der Waals surface area contributed by atoms with E-state index in [2.05, 4.69) is 26.1 Å². The quantitative estimate of drug-likeness (QED) is 0.0728. The van der Waals surface area contributed by atoms with Crippen LogP contribution in [-0.4, -0.2) is 74.3 Å². The van der Waals surface area contributed by atoms with Crippen molar-refractivity contribution in [2.24, 2.45) is 11.8 Å². The molecule has 0 aromatic heterocycles. The second-order valence-corrected chi connectivity index (χ2v) is 21.8. The minimum Gasteiger partial charge on any atom is -0.458 e. The average molecular weight is 848 g/mol. The number of rotatable bonds is 19. The first kappa shape index (κ1) is 49.3. The Bertz CT molecular complexity index is 1800. The topological polar surface area (TPSA) is 153 Å². The molecule has 0 aliphatic rings. The number of carbonyl (C=O) groups excluding carboxylic acids is 5. The van der Waals surface area contributed by atoms with E-state index >= 15 is 0 Å². The number of esters is 4. The predicted molar refractivity (Wildman–Crippen MR) is 232 cm³/mol. The zero-order valence-corrected chi connectivity index (χ0v) is 38.3. The van der Waals surface area contributed by atoms with Crippen molar-refractivity contribution in [3.8, 4) is 0 Å². The van der Waals surface area contributed by atoms with Gasteiger partial charge in [-0.3, -0.25) is 0 Å². The maximum absolute atomic E-state index is 14.4. The van der Waals surface area contributed by atoms with Crippen molar-refractivity contribution in [3.05, 3.63) is 96.6 Å². The summed E-state index contributed by atoms with van der Waals surface area (Å²) < 4.78 is 35.3. The van der Waals surface area contributed by atoms with Crippen LogP contribution < -0.4 is 15.7 Å². The Kier molecular flexibility index (Phi) is 18.1. The Balaban J connectivity index is 1.96. The van der Waals surface area contributed by atoms with E-state index in [-0.39, 0.29) is 18.9 Å². The fraction of sp³-hybridized carbons (Fsp3) is 0.511. The highest BCUT2D eigenvalue weighted by Crippen LogP contribution is 2.38. The van der Waals surface area contributed by atoms with Crippen molar-refractivity contribution in [1.29, 1.82) is 0 Å². The molecule has 13 heteroatoms. The summed E-state index contributed by atoms with van der Waals surface area (Å²) in [7, 11) is -3.26. The summed E-state index contributed by atoms with van der Waals surface area (Å²) in [4.78, 5) is 68.0. The van der Waals surface area contributed by atoms with Crippen LogP contribution in [0.3, 0.4) is 0 Å². The molecule has 0 spiro atoms. The highest BCUT2D eigenvalue weighted by atomic mass is 28.4. The highest BCUT2D eigenvalue weighted by molar-refractivity contribution is 6.99. The Hall–Kier alpha value is -5.01. The Morgan fingerprint density at radius 1 is 0.650 bits per heavy atom. The molecule has 60 heavy (non-hydrogen) atoms. The standard InChI is InChI=1S/C47H65NO11Si/c1-13-32(4)40(44(52)58-46(7,8)9)57-41(49)34(6)56-43(51)39(48-45(53)54-30-35-23-17-14-18-24-35)33(5)55-42(50)38(29-31(2)3)59-60(47(10,11)12,36-25-19-15-20-26-36)37-27-21-16-22-28-37/h14-28,31-34,38-40H,13,29-30H2,1-12H3,(H,48,53). The number of carbonyl (C=O) groups is 5. The second kappa shape index (κ2) is 22.0. The molecule has 3 aromatic rings. The maximum atomic E-state index is 14.4. The van der Waals surface area contributed by atoms with Gasteiger partial charge in [-0.25, -0.2) is 24.0 Å². The number of hydrogen-bond acceptors (Lipinski definition) is 11. The third kappa shape index (κ3) is 14.0. The summed E-state index contributed by atoms with van der Waals surface area (Å²) in [6.45, 7) is 21.5. The lowest BCUT2D eigenvalue weighted by atomic mass is 10.0. The number of benzene rings is 3. The molecule has 12 nitrogen and oxygen atoms in total. The monoisotopic (exact) mass is 847 g/mol. The maximum Gasteiger partial charge on any atom is 0.408 e. The normalized spacial score (nSPS) is 15.0. The molecule has 0 aliphatic heterocycles. The molecule has 3 rings (SSSR count). The van der Waals surface area contributed by atoms with Crippen molar-refractivity contribution in [2.45, 2.75) is 144 Å². The molecule has 0 saturated carbocycles. The molecule has 6 atom stereocenters. The van der Waals surface area contributed by atoms with Crippen LogP contribution in [0.1, 0.15) is 101 Å². The second-order valence-electron chi connectivity index (χ2n) is 17.6. The predicted octanol–water partition coefficient (Wildman–Crippen LogP) is 7.44. The molecule has 6 unspecified atom stereocenters. The summed E-state index contributed by atoms with van der Waals surface area (Å²) in [5.74, 6) is -4.02. The van der Waals surface area contributed by atoms with Crippen molar-refractivity contribution in [2.75, 3.05) is 0 Å². The zero-order valence-electron chi connectivity index (χ0n) is 37.3. The summed E-state index contributed by atoms with van der Waals surface area (Å²) in [5.41, 5.74) is -0.145. The fourth-order valence-corrected chi connectivity index (χ4v) is 11.2. The Morgan fingerprint density at radius 3 is 1.63 bits per heavy atom. The molecule has 1 amide bonds. The van der Waals surface area contributed by atoms with Crippen LogP contribution in [0.25, 0.3) is 0 Å². The summed E-state index contributed by atoms with van der Waals surface area (Å²) >= 11 is 0. The highest BCUT2D eigenvalue weighted by Gasteiger charge is 2.53. The van der Waals surface area contributed by atoms with E-state index < -0.39 is 85.3 Å². The third-order valence-corrected chi connectivity index (χ3v) is 14.9. The van der Waals surface area contributed by atoms with Gasteiger partial charge in [-0.15, -0.1) is 0 Å².